The van der Waals surface area contributed by atoms with Crippen molar-refractivity contribution in [2.75, 3.05) is 0 Å². The Hall–Kier alpha value is -1.22. The average Bonchev–Trinajstić information content (AvgIpc) is 2.87. The Bertz CT molecular complexity index is 317. The zero-order chi connectivity index (χ0) is 13.5. The third-order valence-electron chi connectivity index (χ3n) is 1.41. The summed E-state index contributed by atoms with van der Waals surface area (Å²) in [6.45, 7) is 12.0. The molecule has 17 heavy (non-hydrogen) atoms. The zero-order valence-electron chi connectivity index (χ0n) is 11.8. The van der Waals surface area contributed by atoms with Crippen LogP contribution in [0.4, 0.5) is 0 Å². The smallest absolute Gasteiger partial charge is 0.139 e. The largest absolute Gasteiger partial charge is 0.228 e. The van der Waals surface area contributed by atoms with E-state index in [1.165, 1.54) is 17.1 Å². The van der Waals surface area contributed by atoms with Crippen LogP contribution in [-0.4, -0.2) is 9.36 Å². The molecule has 0 N–H and O–H groups in total. The quantitative estimate of drug-likeness (QED) is 0.667. The highest BCUT2D eigenvalue weighted by Gasteiger charge is 1.78. The maximum atomic E-state index is 3.85. The van der Waals surface area contributed by atoms with Crippen LogP contribution in [0.2, 0.25) is 0 Å². The average molecular weight is 252 g/mol. The number of hydrogen-bond acceptors (Lipinski definition) is 3. The molecule has 0 unspecified atom stereocenters. The third kappa shape index (κ3) is 12.7. The fourth-order valence-electron chi connectivity index (χ4n) is 0.758. The van der Waals surface area contributed by atoms with Gasteiger partial charge in [0.1, 0.15) is 11.3 Å². The first-order valence-corrected chi connectivity index (χ1v) is 6.87. The standard InChI is InChI=1S/C7H8.C3H4N2S.2C2H6/c1-7-5-3-2-4-6-7;1-3-4-2-6-5-3;2*1-2/h2-6H,1H3;2H,1H3;2*1-2H3. The van der Waals surface area contributed by atoms with Crippen LogP contribution in [0.3, 0.4) is 0 Å². The van der Waals surface area contributed by atoms with E-state index >= 15 is 0 Å². The highest BCUT2D eigenvalue weighted by atomic mass is 32.1. The monoisotopic (exact) mass is 252 g/mol. The summed E-state index contributed by atoms with van der Waals surface area (Å²) >= 11 is 1.38. The van der Waals surface area contributed by atoms with Gasteiger partial charge in [-0.3, -0.25) is 0 Å². The summed E-state index contributed by atoms with van der Waals surface area (Å²) in [6, 6.07) is 10.3. The third-order valence-corrected chi connectivity index (χ3v) is 1.98. The van der Waals surface area contributed by atoms with Gasteiger partial charge in [-0.25, -0.2) is 4.98 Å². The van der Waals surface area contributed by atoms with Crippen LogP contribution < -0.4 is 0 Å². The number of aryl methyl sites for hydroxylation is 2. The zero-order valence-corrected chi connectivity index (χ0v) is 12.6. The lowest BCUT2D eigenvalue weighted by Crippen LogP contribution is -1.66. The van der Waals surface area contributed by atoms with Crippen molar-refractivity contribution in [1.29, 1.82) is 0 Å². The minimum atomic E-state index is 0.861. The van der Waals surface area contributed by atoms with E-state index in [0.717, 1.165) is 5.82 Å². The second-order valence-electron chi connectivity index (χ2n) is 2.63. The Morgan fingerprint density at radius 1 is 0.882 bits per heavy atom. The van der Waals surface area contributed by atoms with Crippen LogP contribution in [0, 0.1) is 13.8 Å². The summed E-state index contributed by atoms with van der Waals surface area (Å²) in [5.41, 5.74) is 3.04. The van der Waals surface area contributed by atoms with Gasteiger partial charge in [-0.05, 0) is 25.4 Å². The molecule has 0 aliphatic carbocycles. The van der Waals surface area contributed by atoms with E-state index in [1.54, 1.807) is 5.51 Å². The molecule has 0 fully saturated rings. The molecule has 0 aliphatic rings. The summed E-state index contributed by atoms with van der Waals surface area (Å²) in [5, 5.41) is 0. The van der Waals surface area contributed by atoms with Gasteiger partial charge in [0.2, 0.25) is 0 Å². The molecule has 0 aliphatic heterocycles. The molecule has 2 rings (SSSR count). The van der Waals surface area contributed by atoms with E-state index < -0.39 is 0 Å². The fraction of sp³-hybridized carbons (Fsp3) is 0.429. The fourth-order valence-corrected chi connectivity index (χ4v) is 1.20. The highest BCUT2D eigenvalue weighted by Crippen LogP contribution is 1.92. The lowest BCUT2D eigenvalue weighted by molar-refractivity contribution is 1.17. The van der Waals surface area contributed by atoms with Crippen LogP contribution in [0.1, 0.15) is 39.1 Å². The van der Waals surface area contributed by atoms with E-state index in [-0.39, 0.29) is 0 Å². The molecule has 0 amide bonds. The summed E-state index contributed by atoms with van der Waals surface area (Å²) in [6.07, 6.45) is 0. The Balaban J connectivity index is 0. The Morgan fingerprint density at radius 3 is 1.59 bits per heavy atom. The maximum absolute atomic E-state index is 3.85. The maximum Gasteiger partial charge on any atom is 0.139 e. The molecule has 0 saturated heterocycles. The molecule has 3 heteroatoms. The van der Waals surface area contributed by atoms with Crippen molar-refractivity contribution in [3.8, 4) is 0 Å². The molecule has 0 radical (unpaired) electrons. The van der Waals surface area contributed by atoms with Gasteiger partial charge in [0, 0.05) is 0 Å². The number of benzene rings is 1. The molecule has 0 spiro atoms. The van der Waals surface area contributed by atoms with E-state index in [9.17, 15) is 0 Å². The number of hydrogen-bond donors (Lipinski definition) is 0. The second-order valence-corrected chi connectivity index (χ2v) is 3.24. The molecule has 1 aromatic heterocycles. The summed E-state index contributed by atoms with van der Waals surface area (Å²) in [4.78, 5) is 3.82. The Kier molecular flexibility index (Phi) is 15.8. The number of nitrogens with zero attached hydrogens (tertiary/aromatic N) is 2. The van der Waals surface area contributed by atoms with Gasteiger partial charge in [-0.15, -0.1) is 0 Å². The van der Waals surface area contributed by atoms with Crippen LogP contribution in [0.15, 0.2) is 35.8 Å². The van der Waals surface area contributed by atoms with Crippen molar-refractivity contribution in [2.24, 2.45) is 0 Å². The molecule has 0 bridgehead atoms. The van der Waals surface area contributed by atoms with Crippen LogP contribution in [-0.2, 0) is 0 Å². The van der Waals surface area contributed by atoms with Gasteiger partial charge >= 0.3 is 0 Å². The van der Waals surface area contributed by atoms with Crippen molar-refractivity contribution in [3.63, 3.8) is 0 Å². The normalized spacial score (nSPS) is 7.41. The minimum absolute atomic E-state index is 0.861. The first-order chi connectivity index (χ1) is 8.29. The molecule has 0 saturated carbocycles. The van der Waals surface area contributed by atoms with Crippen molar-refractivity contribution in [3.05, 3.63) is 47.2 Å². The number of rotatable bonds is 0. The Morgan fingerprint density at radius 2 is 1.41 bits per heavy atom. The summed E-state index contributed by atoms with van der Waals surface area (Å²) in [7, 11) is 0. The molecule has 1 aromatic carbocycles. The molecular formula is C14H24N2S. The molecule has 0 atom stereocenters. The summed E-state index contributed by atoms with van der Waals surface area (Å²) < 4.78 is 3.85. The molecule has 2 aromatic rings. The van der Waals surface area contributed by atoms with E-state index in [2.05, 4.69) is 28.4 Å². The molecule has 1 heterocycles. The van der Waals surface area contributed by atoms with E-state index in [0.29, 0.717) is 0 Å². The van der Waals surface area contributed by atoms with Gasteiger partial charge in [0.05, 0.1) is 0 Å². The first-order valence-electron chi connectivity index (χ1n) is 6.03. The van der Waals surface area contributed by atoms with Crippen LogP contribution in [0.25, 0.3) is 0 Å². The van der Waals surface area contributed by atoms with E-state index in [4.69, 9.17) is 0 Å². The van der Waals surface area contributed by atoms with Crippen LogP contribution >= 0.6 is 11.5 Å². The molecular weight excluding hydrogens is 228 g/mol. The van der Waals surface area contributed by atoms with Gasteiger partial charge in [-0.2, -0.15) is 4.37 Å². The lowest BCUT2D eigenvalue weighted by Gasteiger charge is -1.82. The second kappa shape index (κ2) is 14.8. The summed E-state index contributed by atoms with van der Waals surface area (Å²) in [5.74, 6) is 0.861. The van der Waals surface area contributed by atoms with Gasteiger partial charge in [-0.1, -0.05) is 63.6 Å². The van der Waals surface area contributed by atoms with Gasteiger partial charge < -0.3 is 0 Å². The predicted octanol–water partition coefficient (Wildman–Crippen LogP) is 4.89. The van der Waals surface area contributed by atoms with Crippen LogP contribution in [0.5, 0.6) is 0 Å². The Labute approximate surface area is 110 Å². The van der Waals surface area contributed by atoms with Crippen molar-refractivity contribution < 1.29 is 0 Å². The SMILES string of the molecule is CC.CC.Cc1ccccc1.Cc1ncsn1. The molecule has 96 valence electrons. The molecule has 2 nitrogen and oxygen atoms in total. The topological polar surface area (TPSA) is 25.8 Å². The first kappa shape index (κ1) is 18.2. The van der Waals surface area contributed by atoms with E-state index in [1.807, 2.05) is 52.8 Å². The van der Waals surface area contributed by atoms with Gasteiger partial charge in [0.15, 0.2) is 0 Å². The van der Waals surface area contributed by atoms with Crippen molar-refractivity contribution in [2.45, 2.75) is 41.5 Å². The lowest BCUT2D eigenvalue weighted by atomic mass is 10.2. The van der Waals surface area contributed by atoms with Crippen molar-refractivity contribution in [1.82, 2.24) is 9.36 Å². The highest BCUT2D eigenvalue weighted by molar-refractivity contribution is 7.03. The van der Waals surface area contributed by atoms with Crippen molar-refractivity contribution >= 4 is 11.5 Å². The van der Waals surface area contributed by atoms with Gasteiger partial charge in [0.25, 0.3) is 0 Å². The predicted molar refractivity (Wildman–Crippen MR) is 78.5 cm³/mol. The number of aromatic nitrogens is 2. The minimum Gasteiger partial charge on any atom is -0.228 e.